The number of ether oxygens (including phenoxy) is 1. The van der Waals surface area contributed by atoms with Crippen LogP contribution in [0.15, 0.2) is 36.4 Å². The Morgan fingerprint density at radius 1 is 1.08 bits per heavy atom. The van der Waals surface area contributed by atoms with E-state index in [4.69, 9.17) is 10.5 Å². The molecule has 0 aliphatic heterocycles. The van der Waals surface area contributed by atoms with Gasteiger partial charge in [-0.3, -0.25) is 0 Å². The van der Waals surface area contributed by atoms with Crippen LogP contribution in [0.4, 0.5) is 18.9 Å². The number of benzene rings is 2. The third kappa shape index (κ3) is 4.40. The summed E-state index contributed by atoms with van der Waals surface area (Å²) in [6.45, 7) is 0.0913. The number of rotatable bonds is 4. The maximum Gasteiger partial charge on any atom is 0.416 e. The highest BCUT2D eigenvalue weighted by atomic mass is 127. The van der Waals surface area contributed by atoms with Gasteiger partial charge in [0.1, 0.15) is 12.4 Å². The molecule has 0 spiro atoms. The average molecular weight is 461 g/mol. The Kier molecular flexibility index (Phi) is 5.46. The number of alkyl halides is 3. The first-order valence-electron chi connectivity index (χ1n) is 8.22. The standard InChI is InChI=1S/C19H19F3INO/c20-19(21,22)16-9-12(5-7-15(16)13-3-1-2-4-13)11-25-14-6-8-18(24)17(23)10-14/h5-10,13H,1-4,11,24H2. The van der Waals surface area contributed by atoms with Gasteiger partial charge >= 0.3 is 6.18 Å². The lowest BCUT2D eigenvalue weighted by molar-refractivity contribution is -0.138. The van der Waals surface area contributed by atoms with Gasteiger partial charge < -0.3 is 10.5 Å². The van der Waals surface area contributed by atoms with Crippen molar-refractivity contribution < 1.29 is 17.9 Å². The van der Waals surface area contributed by atoms with Crippen LogP contribution < -0.4 is 10.5 Å². The van der Waals surface area contributed by atoms with Crippen LogP contribution in [0, 0.1) is 3.57 Å². The number of hydrogen-bond donors (Lipinski definition) is 1. The highest BCUT2D eigenvalue weighted by Gasteiger charge is 2.36. The van der Waals surface area contributed by atoms with Crippen molar-refractivity contribution in [3.63, 3.8) is 0 Å². The third-order valence-electron chi connectivity index (χ3n) is 4.60. The molecule has 1 aliphatic carbocycles. The van der Waals surface area contributed by atoms with Gasteiger partial charge in [-0.05, 0) is 76.7 Å². The summed E-state index contributed by atoms with van der Waals surface area (Å²) in [5.41, 5.74) is 6.82. The van der Waals surface area contributed by atoms with E-state index in [0.29, 0.717) is 22.6 Å². The summed E-state index contributed by atoms with van der Waals surface area (Å²) < 4.78 is 46.9. The Morgan fingerprint density at radius 3 is 2.44 bits per heavy atom. The molecule has 0 aromatic heterocycles. The molecule has 2 aromatic carbocycles. The predicted octanol–water partition coefficient (Wildman–Crippen LogP) is 6.13. The zero-order valence-electron chi connectivity index (χ0n) is 13.6. The molecule has 0 amide bonds. The van der Waals surface area contributed by atoms with Crippen LogP contribution in [0.5, 0.6) is 5.75 Å². The normalized spacial score (nSPS) is 15.5. The molecule has 25 heavy (non-hydrogen) atoms. The first-order valence-corrected chi connectivity index (χ1v) is 9.30. The minimum absolute atomic E-state index is 0.0188. The molecule has 0 heterocycles. The van der Waals surface area contributed by atoms with E-state index in [1.165, 1.54) is 6.07 Å². The first kappa shape index (κ1) is 18.4. The summed E-state index contributed by atoms with van der Waals surface area (Å²) in [4.78, 5) is 0. The van der Waals surface area contributed by atoms with Gasteiger partial charge in [0, 0.05) is 9.26 Å². The molecule has 1 aliphatic rings. The van der Waals surface area contributed by atoms with E-state index in [2.05, 4.69) is 22.6 Å². The molecule has 0 radical (unpaired) electrons. The Labute approximate surface area is 158 Å². The number of hydrogen-bond acceptors (Lipinski definition) is 2. The van der Waals surface area contributed by atoms with Crippen molar-refractivity contribution in [2.24, 2.45) is 0 Å². The molecule has 2 nitrogen and oxygen atoms in total. The second-order valence-corrected chi connectivity index (χ2v) is 7.53. The molecule has 3 rings (SSSR count). The molecular weight excluding hydrogens is 442 g/mol. The summed E-state index contributed by atoms with van der Waals surface area (Å²) in [6, 6.07) is 9.81. The fraction of sp³-hybridized carbons (Fsp3) is 0.368. The van der Waals surface area contributed by atoms with Crippen molar-refractivity contribution in [1.29, 1.82) is 0 Å². The summed E-state index contributed by atoms with van der Waals surface area (Å²) >= 11 is 2.09. The van der Waals surface area contributed by atoms with Gasteiger partial charge in [0.15, 0.2) is 0 Å². The second kappa shape index (κ2) is 7.43. The van der Waals surface area contributed by atoms with Crippen LogP contribution >= 0.6 is 22.6 Å². The molecule has 1 fully saturated rings. The molecule has 6 heteroatoms. The van der Waals surface area contributed by atoms with Gasteiger partial charge in [-0.15, -0.1) is 0 Å². The third-order valence-corrected chi connectivity index (χ3v) is 5.53. The molecule has 0 atom stereocenters. The lowest BCUT2D eigenvalue weighted by Crippen LogP contribution is -2.12. The zero-order valence-corrected chi connectivity index (χ0v) is 15.7. The minimum atomic E-state index is -4.34. The fourth-order valence-corrected chi connectivity index (χ4v) is 3.78. The minimum Gasteiger partial charge on any atom is -0.489 e. The van der Waals surface area contributed by atoms with E-state index in [1.54, 1.807) is 30.3 Å². The molecular formula is C19H19F3INO. The quantitative estimate of drug-likeness (QED) is 0.439. The van der Waals surface area contributed by atoms with Crippen molar-refractivity contribution in [1.82, 2.24) is 0 Å². The Balaban J connectivity index is 1.81. The largest absolute Gasteiger partial charge is 0.489 e. The smallest absolute Gasteiger partial charge is 0.416 e. The SMILES string of the molecule is Nc1ccc(OCc2ccc(C3CCCC3)c(C(F)(F)F)c2)cc1I. The average Bonchev–Trinajstić information content (AvgIpc) is 3.09. The topological polar surface area (TPSA) is 35.2 Å². The maximum atomic E-state index is 13.5. The van der Waals surface area contributed by atoms with Gasteiger partial charge in [0.25, 0.3) is 0 Å². The number of nitrogen functional groups attached to an aromatic ring is 1. The fourth-order valence-electron chi connectivity index (χ4n) is 3.30. The molecule has 0 unspecified atom stereocenters. The monoisotopic (exact) mass is 461 g/mol. The Morgan fingerprint density at radius 2 is 1.80 bits per heavy atom. The summed E-state index contributed by atoms with van der Waals surface area (Å²) in [7, 11) is 0. The lowest BCUT2D eigenvalue weighted by atomic mass is 9.91. The van der Waals surface area contributed by atoms with Gasteiger partial charge in [-0.25, -0.2) is 0 Å². The Hall–Kier alpha value is -1.44. The molecule has 0 bridgehead atoms. The van der Waals surface area contributed by atoms with Crippen LogP contribution in [0.1, 0.15) is 48.3 Å². The van der Waals surface area contributed by atoms with Crippen LogP contribution in [0.25, 0.3) is 0 Å². The van der Waals surface area contributed by atoms with E-state index in [0.717, 1.165) is 29.3 Å². The van der Waals surface area contributed by atoms with Crippen LogP contribution in [-0.4, -0.2) is 0 Å². The van der Waals surface area contributed by atoms with E-state index in [9.17, 15) is 13.2 Å². The van der Waals surface area contributed by atoms with E-state index in [-0.39, 0.29) is 12.5 Å². The second-order valence-electron chi connectivity index (χ2n) is 6.37. The van der Waals surface area contributed by atoms with Crippen molar-refractivity contribution >= 4 is 28.3 Å². The number of nitrogens with two attached hydrogens (primary N) is 1. The van der Waals surface area contributed by atoms with E-state index < -0.39 is 11.7 Å². The van der Waals surface area contributed by atoms with Gasteiger partial charge in [-0.2, -0.15) is 13.2 Å². The van der Waals surface area contributed by atoms with E-state index >= 15 is 0 Å². The zero-order chi connectivity index (χ0) is 18.0. The van der Waals surface area contributed by atoms with Gasteiger partial charge in [0.2, 0.25) is 0 Å². The van der Waals surface area contributed by atoms with Crippen LogP contribution in [0.3, 0.4) is 0 Å². The molecule has 1 saturated carbocycles. The molecule has 0 saturated heterocycles. The van der Waals surface area contributed by atoms with E-state index in [1.807, 2.05) is 0 Å². The summed E-state index contributed by atoms with van der Waals surface area (Å²) in [6.07, 6.45) is -0.665. The van der Waals surface area contributed by atoms with Crippen LogP contribution in [0.2, 0.25) is 0 Å². The van der Waals surface area contributed by atoms with Gasteiger partial charge in [-0.1, -0.05) is 25.0 Å². The lowest BCUT2D eigenvalue weighted by Gasteiger charge is -2.19. The predicted molar refractivity (Wildman–Crippen MR) is 101 cm³/mol. The highest BCUT2D eigenvalue weighted by Crippen LogP contribution is 2.42. The first-order chi connectivity index (χ1) is 11.8. The summed E-state index contributed by atoms with van der Waals surface area (Å²) in [5, 5.41) is 0. The maximum absolute atomic E-state index is 13.5. The van der Waals surface area contributed by atoms with Crippen molar-refractivity contribution in [2.45, 2.75) is 44.4 Å². The van der Waals surface area contributed by atoms with Crippen molar-refractivity contribution in [2.75, 3.05) is 5.73 Å². The molecule has 2 N–H and O–H groups in total. The van der Waals surface area contributed by atoms with Crippen molar-refractivity contribution in [3.05, 3.63) is 56.7 Å². The van der Waals surface area contributed by atoms with Gasteiger partial charge in [0.05, 0.1) is 5.56 Å². The Bertz CT molecular complexity index is 755. The number of halogens is 4. The summed E-state index contributed by atoms with van der Waals surface area (Å²) in [5.74, 6) is 0.609. The molecule has 134 valence electrons. The highest BCUT2D eigenvalue weighted by molar-refractivity contribution is 14.1. The number of anilines is 1. The molecule has 2 aromatic rings. The van der Waals surface area contributed by atoms with Crippen LogP contribution in [-0.2, 0) is 12.8 Å². The van der Waals surface area contributed by atoms with Crippen molar-refractivity contribution in [3.8, 4) is 5.75 Å².